The first kappa shape index (κ1) is 26.3. The van der Waals surface area contributed by atoms with Gasteiger partial charge in [-0.1, -0.05) is 24.3 Å². The van der Waals surface area contributed by atoms with Crippen molar-refractivity contribution in [2.45, 2.75) is 50.7 Å². The van der Waals surface area contributed by atoms with Crippen molar-refractivity contribution < 1.29 is 23.8 Å². The zero-order valence-electron chi connectivity index (χ0n) is 21.3. The van der Waals surface area contributed by atoms with Gasteiger partial charge in [-0.15, -0.1) is 11.3 Å². The highest BCUT2D eigenvalue weighted by molar-refractivity contribution is 7.14. The minimum atomic E-state index is -1.62. The molecule has 1 saturated heterocycles. The molecule has 38 heavy (non-hydrogen) atoms. The van der Waals surface area contributed by atoms with Crippen LogP contribution in [0.25, 0.3) is 11.3 Å². The van der Waals surface area contributed by atoms with Gasteiger partial charge in [-0.3, -0.25) is 9.59 Å². The Kier molecular flexibility index (Phi) is 7.47. The molecule has 2 aliphatic rings. The van der Waals surface area contributed by atoms with Crippen molar-refractivity contribution in [3.05, 3.63) is 65.0 Å². The largest absolute Gasteiger partial charge is 0.393 e. The fraction of sp³-hybridized carbons (Fsp3) is 0.393. The van der Waals surface area contributed by atoms with E-state index < -0.39 is 23.6 Å². The van der Waals surface area contributed by atoms with E-state index in [1.165, 1.54) is 17.4 Å². The van der Waals surface area contributed by atoms with Crippen molar-refractivity contribution in [1.82, 2.24) is 10.3 Å². The average molecular weight is 539 g/mol. The predicted octanol–water partition coefficient (Wildman–Crippen LogP) is 4.11. The lowest BCUT2D eigenvalue weighted by Gasteiger charge is -2.38. The number of carbonyl (C=O) groups excluding carboxylic acids is 2. The summed E-state index contributed by atoms with van der Waals surface area (Å²) in [5.41, 5.74) is 1.80. The van der Waals surface area contributed by atoms with E-state index in [1.54, 1.807) is 18.2 Å². The molecule has 10 heteroatoms. The molecule has 1 aliphatic heterocycles. The molecule has 200 valence electrons. The van der Waals surface area contributed by atoms with E-state index in [-0.39, 0.29) is 37.2 Å². The lowest BCUT2D eigenvalue weighted by Crippen LogP contribution is -2.45. The second-order valence-corrected chi connectivity index (χ2v) is 10.9. The number of aliphatic hydroxyl groups is 1. The fourth-order valence-electron chi connectivity index (χ4n) is 5.00. The number of amides is 2. The Morgan fingerprint density at radius 1 is 1.16 bits per heavy atom. The van der Waals surface area contributed by atoms with E-state index in [0.717, 1.165) is 30.0 Å². The van der Waals surface area contributed by atoms with Crippen LogP contribution in [0.4, 0.5) is 15.2 Å². The number of thiazole rings is 1. The van der Waals surface area contributed by atoms with Crippen LogP contribution >= 0.6 is 11.3 Å². The summed E-state index contributed by atoms with van der Waals surface area (Å²) in [5, 5.41) is 17.1. The molecule has 0 unspecified atom stereocenters. The maximum Gasteiger partial charge on any atom is 0.251 e. The molecule has 2 fully saturated rings. The first-order valence-electron chi connectivity index (χ1n) is 12.7. The van der Waals surface area contributed by atoms with Gasteiger partial charge in [0.15, 0.2) is 5.13 Å². The number of aliphatic hydroxyl groups excluding tert-OH is 1. The Morgan fingerprint density at radius 3 is 2.63 bits per heavy atom. The second-order valence-electron chi connectivity index (χ2n) is 10.1. The average Bonchev–Trinajstić information content (AvgIpc) is 3.34. The van der Waals surface area contributed by atoms with Gasteiger partial charge in [-0.25, -0.2) is 9.37 Å². The van der Waals surface area contributed by atoms with Crippen LogP contribution in [0.1, 0.15) is 42.6 Å². The number of hydrogen-bond acceptors (Lipinski definition) is 7. The van der Waals surface area contributed by atoms with E-state index >= 15 is 0 Å². The molecular weight excluding hydrogens is 507 g/mol. The molecular formula is C28H31FN4O4S. The summed E-state index contributed by atoms with van der Waals surface area (Å²) in [6.45, 7) is 5.53. The smallest absolute Gasteiger partial charge is 0.251 e. The maximum absolute atomic E-state index is 14.8. The molecule has 2 heterocycles. The number of benzene rings is 2. The monoisotopic (exact) mass is 538 g/mol. The van der Waals surface area contributed by atoms with Crippen molar-refractivity contribution in [3.63, 3.8) is 0 Å². The molecule has 2 amide bonds. The third-order valence-electron chi connectivity index (χ3n) is 6.85. The van der Waals surface area contributed by atoms with Crippen molar-refractivity contribution in [1.29, 1.82) is 0 Å². The first-order chi connectivity index (χ1) is 18.2. The number of carbonyl (C=O) groups is 2. The van der Waals surface area contributed by atoms with Crippen molar-refractivity contribution >= 4 is 34.0 Å². The minimum Gasteiger partial charge on any atom is -0.393 e. The van der Waals surface area contributed by atoms with Gasteiger partial charge in [0.25, 0.3) is 5.91 Å². The number of hydrogen-bond donors (Lipinski definition) is 3. The summed E-state index contributed by atoms with van der Waals surface area (Å²) in [6, 6.07) is 14.4. The molecule has 2 aromatic carbocycles. The van der Waals surface area contributed by atoms with Gasteiger partial charge in [0.1, 0.15) is 5.67 Å². The van der Waals surface area contributed by atoms with Crippen molar-refractivity contribution in [2.75, 3.05) is 29.9 Å². The summed E-state index contributed by atoms with van der Waals surface area (Å²) in [4.78, 5) is 31.9. The highest BCUT2D eigenvalue weighted by Crippen LogP contribution is 2.45. The summed E-state index contributed by atoms with van der Waals surface area (Å²) in [5.74, 6) is -0.890. The van der Waals surface area contributed by atoms with E-state index in [9.17, 15) is 19.1 Å². The van der Waals surface area contributed by atoms with E-state index in [4.69, 9.17) is 4.74 Å². The van der Waals surface area contributed by atoms with E-state index in [1.807, 2.05) is 17.5 Å². The number of nitrogens with one attached hydrogen (secondary N) is 2. The van der Waals surface area contributed by atoms with Crippen LogP contribution < -0.4 is 15.5 Å². The number of ether oxygens (including phenoxy) is 1. The van der Waals surface area contributed by atoms with Crippen LogP contribution in [0.2, 0.25) is 0 Å². The quantitative estimate of drug-likeness (QED) is 0.418. The summed E-state index contributed by atoms with van der Waals surface area (Å²) in [7, 11) is 0. The Labute approximate surface area is 224 Å². The SMILES string of the molecule is C[C@@H]1CN(c2cccc(-c3csc(NC(=O)CNC(=O)c4cccc([C@]5(F)C[C@@H](O)C5)c4)n3)c2)C[C@H](C)O1. The number of nitrogens with zero attached hydrogens (tertiary/aromatic N) is 2. The Hall–Kier alpha value is -3.34. The van der Waals surface area contributed by atoms with Crippen LogP contribution in [0.5, 0.6) is 0 Å². The van der Waals surface area contributed by atoms with Gasteiger partial charge in [0.2, 0.25) is 5.91 Å². The number of alkyl halides is 1. The molecule has 1 aromatic heterocycles. The zero-order valence-corrected chi connectivity index (χ0v) is 22.1. The Morgan fingerprint density at radius 2 is 1.89 bits per heavy atom. The Balaban J connectivity index is 1.17. The van der Waals surface area contributed by atoms with Gasteiger partial charge in [-0.05, 0) is 43.7 Å². The van der Waals surface area contributed by atoms with Gasteiger partial charge >= 0.3 is 0 Å². The fourth-order valence-corrected chi connectivity index (χ4v) is 5.74. The van der Waals surface area contributed by atoms with Crippen LogP contribution in [-0.2, 0) is 15.2 Å². The minimum absolute atomic E-state index is 0.0200. The van der Waals surface area contributed by atoms with Crippen molar-refractivity contribution in [2.24, 2.45) is 0 Å². The van der Waals surface area contributed by atoms with E-state index in [0.29, 0.717) is 10.7 Å². The van der Waals surface area contributed by atoms with E-state index in [2.05, 4.69) is 46.5 Å². The maximum atomic E-state index is 14.8. The molecule has 0 spiro atoms. The molecule has 3 N–H and O–H groups in total. The predicted molar refractivity (Wildman–Crippen MR) is 145 cm³/mol. The Bertz CT molecular complexity index is 1320. The molecule has 0 bridgehead atoms. The van der Waals surface area contributed by atoms with Crippen LogP contribution in [0.15, 0.2) is 53.9 Å². The highest BCUT2D eigenvalue weighted by atomic mass is 32.1. The lowest BCUT2D eigenvalue weighted by atomic mass is 9.74. The summed E-state index contributed by atoms with van der Waals surface area (Å²) < 4.78 is 20.6. The zero-order chi connectivity index (χ0) is 26.9. The molecule has 5 rings (SSSR count). The highest BCUT2D eigenvalue weighted by Gasteiger charge is 2.45. The topological polar surface area (TPSA) is 104 Å². The summed E-state index contributed by atoms with van der Waals surface area (Å²) in [6.07, 6.45) is -0.303. The molecule has 0 radical (unpaired) electrons. The molecule has 3 aromatic rings. The van der Waals surface area contributed by atoms with Crippen LogP contribution in [0.3, 0.4) is 0 Å². The third-order valence-corrected chi connectivity index (χ3v) is 7.60. The standard InChI is InChI=1S/C28H31FN4O4S/c1-17-14-33(15-18(2)37-17)22-8-4-5-19(10-22)24-16-38-27(31-24)32-25(35)13-30-26(36)20-6-3-7-21(9-20)28(29)11-23(34)12-28/h3-10,16-18,23,34H,11-15H2,1-2H3,(H,30,36)(H,31,32,35)/t17-,18+,23-,28+. The number of morpholine rings is 1. The van der Waals surface area contributed by atoms with Crippen LogP contribution in [-0.4, -0.2) is 59.9 Å². The number of halogens is 1. The van der Waals surface area contributed by atoms with Crippen LogP contribution in [0, 0.1) is 0 Å². The molecule has 2 atom stereocenters. The molecule has 1 saturated carbocycles. The number of aromatic nitrogens is 1. The second kappa shape index (κ2) is 10.8. The number of rotatable bonds is 7. The first-order valence-corrected chi connectivity index (χ1v) is 13.6. The van der Waals surface area contributed by atoms with Gasteiger partial charge in [-0.2, -0.15) is 0 Å². The number of anilines is 2. The lowest BCUT2D eigenvalue weighted by molar-refractivity contribution is -0.115. The van der Waals surface area contributed by atoms with Crippen molar-refractivity contribution in [3.8, 4) is 11.3 Å². The normalized spacial score (nSPS) is 24.9. The molecule has 8 nitrogen and oxygen atoms in total. The third kappa shape index (κ3) is 5.87. The summed E-state index contributed by atoms with van der Waals surface area (Å²) >= 11 is 1.31. The van der Waals surface area contributed by atoms with Gasteiger partial charge in [0, 0.05) is 48.1 Å². The van der Waals surface area contributed by atoms with Gasteiger partial charge < -0.3 is 25.4 Å². The van der Waals surface area contributed by atoms with Gasteiger partial charge in [0.05, 0.1) is 30.6 Å². The molecule has 1 aliphatic carbocycles.